The van der Waals surface area contributed by atoms with Gasteiger partial charge < -0.3 is 10.8 Å². The zero-order valence-corrected chi connectivity index (χ0v) is 7.79. The predicted octanol–water partition coefficient (Wildman–Crippen LogP) is 1.25. The predicted molar refractivity (Wildman–Crippen MR) is 47.8 cm³/mol. The summed E-state index contributed by atoms with van der Waals surface area (Å²) < 4.78 is 13.1. The third-order valence-corrected chi connectivity index (χ3v) is 1.94. The van der Waals surface area contributed by atoms with E-state index in [1.165, 1.54) is 13.0 Å². The molecule has 1 aromatic rings. The van der Waals surface area contributed by atoms with Gasteiger partial charge in [-0.2, -0.15) is 0 Å². The van der Waals surface area contributed by atoms with Crippen LogP contribution >= 0.6 is 11.6 Å². The number of nitrogens with zero attached hydrogens (tertiary/aromatic N) is 1. The largest absolute Gasteiger partial charge is 0.391 e. The van der Waals surface area contributed by atoms with E-state index in [0.717, 1.165) is 6.20 Å². The van der Waals surface area contributed by atoms with E-state index in [1.807, 2.05) is 0 Å². The average Bonchev–Trinajstić information content (AvgIpc) is 2.08. The fourth-order valence-electron chi connectivity index (χ4n) is 0.943. The first-order valence-electron chi connectivity index (χ1n) is 3.77. The molecule has 1 rings (SSSR count). The summed E-state index contributed by atoms with van der Waals surface area (Å²) in [4.78, 5) is 3.53. The van der Waals surface area contributed by atoms with Crippen LogP contribution < -0.4 is 5.73 Å². The van der Waals surface area contributed by atoms with Crippen molar-refractivity contribution in [1.82, 2.24) is 4.98 Å². The molecule has 2 unspecified atom stereocenters. The molecule has 72 valence electrons. The standard InChI is InChI=1S/C8H10ClFN2O/c1-4(13)8(11)5-2-7(9)12-3-6(5)10/h2-4,8,13H,11H2,1H3. The highest BCUT2D eigenvalue weighted by Gasteiger charge is 2.16. The second kappa shape index (κ2) is 4.00. The number of pyridine rings is 1. The maximum atomic E-state index is 13.1. The zero-order valence-electron chi connectivity index (χ0n) is 7.04. The summed E-state index contributed by atoms with van der Waals surface area (Å²) in [6.45, 7) is 1.48. The smallest absolute Gasteiger partial charge is 0.146 e. The number of hydrogen-bond acceptors (Lipinski definition) is 3. The van der Waals surface area contributed by atoms with E-state index in [4.69, 9.17) is 22.4 Å². The fraction of sp³-hybridized carbons (Fsp3) is 0.375. The molecule has 0 radical (unpaired) electrons. The number of rotatable bonds is 2. The summed E-state index contributed by atoms with van der Waals surface area (Å²) >= 11 is 5.55. The van der Waals surface area contributed by atoms with Crippen LogP contribution in [0.1, 0.15) is 18.5 Å². The molecule has 1 aromatic heterocycles. The van der Waals surface area contributed by atoms with E-state index in [2.05, 4.69) is 4.98 Å². The number of hydrogen-bond donors (Lipinski definition) is 2. The van der Waals surface area contributed by atoms with Crippen LogP contribution in [-0.2, 0) is 0 Å². The van der Waals surface area contributed by atoms with Crippen molar-refractivity contribution in [2.24, 2.45) is 5.73 Å². The fourth-order valence-corrected chi connectivity index (χ4v) is 1.11. The monoisotopic (exact) mass is 204 g/mol. The maximum Gasteiger partial charge on any atom is 0.146 e. The lowest BCUT2D eigenvalue weighted by Gasteiger charge is -2.15. The molecule has 3 N–H and O–H groups in total. The van der Waals surface area contributed by atoms with Crippen LogP contribution in [0.15, 0.2) is 12.3 Å². The molecule has 0 aliphatic carbocycles. The van der Waals surface area contributed by atoms with E-state index in [1.54, 1.807) is 0 Å². The van der Waals surface area contributed by atoms with E-state index in [0.29, 0.717) is 0 Å². The van der Waals surface area contributed by atoms with E-state index in [9.17, 15) is 4.39 Å². The van der Waals surface area contributed by atoms with Gasteiger partial charge in [-0.3, -0.25) is 0 Å². The van der Waals surface area contributed by atoms with Gasteiger partial charge in [-0.1, -0.05) is 11.6 Å². The van der Waals surface area contributed by atoms with Crippen LogP contribution in [0.2, 0.25) is 5.15 Å². The van der Waals surface area contributed by atoms with Crippen LogP contribution in [-0.4, -0.2) is 16.2 Å². The first kappa shape index (κ1) is 10.4. The molecule has 3 nitrogen and oxygen atoms in total. The van der Waals surface area contributed by atoms with Gasteiger partial charge in [0.05, 0.1) is 18.3 Å². The molecular formula is C8H10ClFN2O. The van der Waals surface area contributed by atoms with Crippen LogP contribution in [0, 0.1) is 5.82 Å². The van der Waals surface area contributed by atoms with E-state index >= 15 is 0 Å². The Labute approximate surface area is 80.3 Å². The Morgan fingerprint density at radius 1 is 1.69 bits per heavy atom. The summed E-state index contributed by atoms with van der Waals surface area (Å²) in [6.07, 6.45) is 0.160. The molecule has 0 bridgehead atoms. The lowest BCUT2D eigenvalue weighted by molar-refractivity contribution is 0.162. The highest BCUT2D eigenvalue weighted by atomic mass is 35.5. The quantitative estimate of drug-likeness (QED) is 0.713. The van der Waals surface area contributed by atoms with Gasteiger partial charge in [0.1, 0.15) is 11.0 Å². The van der Waals surface area contributed by atoms with Crippen molar-refractivity contribution in [3.63, 3.8) is 0 Å². The molecule has 0 aliphatic heterocycles. The highest BCUT2D eigenvalue weighted by molar-refractivity contribution is 6.29. The lowest BCUT2D eigenvalue weighted by Crippen LogP contribution is -2.24. The Hall–Kier alpha value is -0.710. The number of aliphatic hydroxyl groups is 1. The lowest BCUT2D eigenvalue weighted by atomic mass is 10.0. The second-order valence-electron chi connectivity index (χ2n) is 2.79. The van der Waals surface area contributed by atoms with Gasteiger partial charge >= 0.3 is 0 Å². The number of aromatic nitrogens is 1. The minimum atomic E-state index is -0.826. The van der Waals surface area contributed by atoms with Crippen LogP contribution in [0.25, 0.3) is 0 Å². The molecule has 0 fully saturated rings. The van der Waals surface area contributed by atoms with Gasteiger partial charge in [0.25, 0.3) is 0 Å². The summed E-state index contributed by atoms with van der Waals surface area (Å²) in [7, 11) is 0. The first-order valence-corrected chi connectivity index (χ1v) is 4.14. The van der Waals surface area contributed by atoms with E-state index < -0.39 is 18.0 Å². The Morgan fingerprint density at radius 3 is 2.85 bits per heavy atom. The molecule has 1 heterocycles. The Balaban J connectivity index is 3.05. The first-order chi connectivity index (χ1) is 6.02. The summed E-state index contributed by atoms with van der Waals surface area (Å²) in [5.41, 5.74) is 5.71. The van der Waals surface area contributed by atoms with Gasteiger partial charge in [0.15, 0.2) is 0 Å². The van der Waals surface area contributed by atoms with Gasteiger partial charge in [-0.05, 0) is 13.0 Å². The third-order valence-electron chi connectivity index (χ3n) is 1.73. The molecule has 13 heavy (non-hydrogen) atoms. The number of halogens is 2. The third kappa shape index (κ3) is 2.37. The normalized spacial score (nSPS) is 15.5. The van der Waals surface area contributed by atoms with E-state index in [-0.39, 0.29) is 10.7 Å². The van der Waals surface area contributed by atoms with Crippen molar-refractivity contribution < 1.29 is 9.50 Å². The highest BCUT2D eigenvalue weighted by Crippen LogP contribution is 2.19. The topological polar surface area (TPSA) is 59.1 Å². The number of aliphatic hydroxyl groups excluding tert-OH is 1. The number of nitrogens with two attached hydrogens (primary N) is 1. The van der Waals surface area contributed by atoms with Crippen molar-refractivity contribution in [1.29, 1.82) is 0 Å². The molecule has 0 aliphatic rings. The van der Waals surface area contributed by atoms with Crippen molar-refractivity contribution >= 4 is 11.6 Å². The summed E-state index contributed by atoms with van der Waals surface area (Å²) in [5, 5.41) is 9.29. The second-order valence-corrected chi connectivity index (χ2v) is 3.18. The summed E-state index contributed by atoms with van der Waals surface area (Å²) in [5.74, 6) is -0.558. The summed E-state index contributed by atoms with van der Waals surface area (Å²) in [6, 6.07) is 0.536. The molecular weight excluding hydrogens is 195 g/mol. The molecule has 0 saturated heterocycles. The van der Waals surface area contributed by atoms with Crippen LogP contribution in [0.3, 0.4) is 0 Å². The molecule has 0 spiro atoms. The van der Waals surface area contributed by atoms with Crippen molar-refractivity contribution in [3.05, 3.63) is 28.8 Å². The van der Waals surface area contributed by atoms with Gasteiger partial charge in [0.2, 0.25) is 0 Å². The average molecular weight is 205 g/mol. The van der Waals surface area contributed by atoms with Crippen LogP contribution in [0.4, 0.5) is 4.39 Å². The van der Waals surface area contributed by atoms with Crippen molar-refractivity contribution in [2.45, 2.75) is 19.1 Å². The molecule has 2 atom stereocenters. The molecule has 0 saturated carbocycles. The molecule has 0 amide bonds. The van der Waals surface area contributed by atoms with Gasteiger partial charge in [-0.15, -0.1) is 0 Å². The van der Waals surface area contributed by atoms with Crippen molar-refractivity contribution in [3.8, 4) is 0 Å². The molecule has 0 aromatic carbocycles. The van der Waals surface area contributed by atoms with Gasteiger partial charge in [-0.25, -0.2) is 9.37 Å². The Bertz CT molecular complexity index is 306. The molecule has 5 heteroatoms. The van der Waals surface area contributed by atoms with Crippen LogP contribution in [0.5, 0.6) is 0 Å². The van der Waals surface area contributed by atoms with Crippen molar-refractivity contribution in [2.75, 3.05) is 0 Å². The maximum absolute atomic E-state index is 13.1. The minimum Gasteiger partial charge on any atom is -0.391 e. The Morgan fingerprint density at radius 2 is 2.31 bits per heavy atom. The minimum absolute atomic E-state index is 0.160. The Kier molecular flexibility index (Phi) is 3.19. The van der Waals surface area contributed by atoms with Gasteiger partial charge in [0, 0.05) is 5.56 Å². The zero-order chi connectivity index (χ0) is 10.0. The SMILES string of the molecule is CC(O)C(N)c1cc(Cl)ncc1F.